The summed E-state index contributed by atoms with van der Waals surface area (Å²) < 4.78 is 4.92. The summed E-state index contributed by atoms with van der Waals surface area (Å²) in [5, 5.41) is 3.39. The van der Waals surface area contributed by atoms with Crippen LogP contribution in [0.1, 0.15) is 24.0 Å². The number of amides is 1. The van der Waals surface area contributed by atoms with Gasteiger partial charge in [0.05, 0.1) is 0 Å². The maximum absolute atomic E-state index is 11.8. The molecule has 0 aliphatic carbocycles. The molecular formula is C20H20ClNO3. The van der Waals surface area contributed by atoms with Crippen molar-refractivity contribution in [2.45, 2.75) is 12.8 Å². The van der Waals surface area contributed by atoms with Crippen molar-refractivity contribution >= 4 is 29.6 Å². The second-order valence-corrected chi connectivity index (χ2v) is 6.04. The molecule has 2 aromatic carbocycles. The quantitative estimate of drug-likeness (QED) is 0.605. The second kappa shape index (κ2) is 9.64. The maximum Gasteiger partial charge on any atom is 0.331 e. The van der Waals surface area contributed by atoms with Crippen LogP contribution in [0.2, 0.25) is 5.02 Å². The number of rotatable bonds is 7. The Morgan fingerprint density at radius 2 is 1.80 bits per heavy atom. The Balaban J connectivity index is 1.70. The van der Waals surface area contributed by atoms with Gasteiger partial charge in [0.15, 0.2) is 6.61 Å². The van der Waals surface area contributed by atoms with Crippen LogP contribution in [-0.2, 0) is 14.3 Å². The zero-order valence-electron chi connectivity index (χ0n) is 13.9. The van der Waals surface area contributed by atoms with E-state index in [4.69, 9.17) is 16.3 Å². The molecule has 0 aromatic heterocycles. The van der Waals surface area contributed by atoms with Gasteiger partial charge in [-0.05, 0) is 35.3 Å². The number of ether oxygens (including phenoxy) is 1. The highest BCUT2D eigenvalue weighted by atomic mass is 35.5. The van der Waals surface area contributed by atoms with E-state index >= 15 is 0 Å². The van der Waals surface area contributed by atoms with Gasteiger partial charge in [0.25, 0.3) is 5.91 Å². The lowest BCUT2D eigenvalue weighted by Gasteiger charge is -2.12. The molecule has 4 nitrogen and oxygen atoms in total. The summed E-state index contributed by atoms with van der Waals surface area (Å²) in [6, 6.07) is 16.9. The lowest BCUT2D eigenvalue weighted by molar-refractivity contribution is -0.143. The first kappa shape index (κ1) is 18.7. The number of halogens is 1. The molecular weight excluding hydrogens is 338 g/mol. The molecule has 1 atom stereocenters. The number of benzene rings is 2. The molecule has 0 saturated heterocycles. The van der Waals surface area contributed by atoms with Crippen molar-refractivity contribution in [3.8, 4) is 0 Å². The topological polar surface area (TPSA) is 55.4 Å². The van der Waals surface area contributed by atoms with Gasteiger partial charge in [0, 0.05) is 17.6 Å². The Hall–Kier alpha value is -2.59. The van der Waals surface area contributed by atoms with Crippen molar-refractivity contribution in [2.24, 2.45) is 0 Å². The van der Waals surface area contributed by atoms with E-state index in [1.54, 1.807) is 30.3 Å². The molecule has 25 heavy (non-hydrogen) atoms. The van der Waals surface area contributed by atoms with Gasteiger partial charge in [0.1, 0.15) is 0 Å². The highest BCUT2D eigenvalue weighted by Crippen LogP contribution is 2.13. The minimum absolute atomic E-state index is 0.186. The molecule has 0 radical (unpaired) electrons. The first-order valence-electron chi connectivity index (χ1n) is 7.96. The average molecular weight is 358 g/mol. The Morgan fingerprint density at radius 3 is 2.48 bits per heavy atom. The van der Waals surface area contributed by atoms with Gasteiger partial charge >= 0.3 is 5.97 Å². The van der Waals surface area contributed by atoms with Crippen LogP contribution in [0, 0.1) is 0 Å². The molecule has 0 saturated carbocycles. The van der Waals surface area contributed by atoms with E-state index in [1.807, 2.05) is 37.3 Å². The zero-order valence-corrected chi connectivity index (χ0v) is 14.7. The third-order valence-electron chi connectivity index (χ3n) is 3.60. The number of hydrogen-bond donors (Lipinski definition) is 1. The summed E-state index contributed by atoms with van der Waals surface area (Å²) in [4.78, 5) is 23.4. The van der Waals surface area contributed by atoms with Crippen LogP contribution in [0.3, 0.4) is 0 Å². The van der Waals surface area contributed by atoms with Crippen LogP contribution in [0.5, 0.6) is 0 Å². The normalized spacial score (nSPS) is 11.9. The molecule has 1 N–H and O–H groups in total. The summed E-state index contributed by atoms with van der Waals surface area (Å²) in [6.07, 6.45) is 2.89. The first-order chi connectivity index (χ1) is 12.0. The molecule has 0 heterocycles. The van der Waals surface area contributed by atoms with Crippen LogP contribution in [0.4, 0.5) is 0 Å². The first-order valence-corrected chi connectivity index (χ1v) is 8.34. The fourth-order valence-corrected chi connectivity index (χ4v) is 2.27. The lowest BCUT2D eigenvalue weighted by Crippen LogP contribution is -2.31. The minimum atomic E-state index is -0.568. The van der Waals surface area contributed by atoms with Gasteiger partial charge in [0.2, 0.25) is 0 Å². The van der Waals surface area contributed by atoms with Gasteiger partial charge in [-0.15, -0.1) is 0 Å². The third kappa shape index (κ3) is 6.81. The summed E-state index contributed by atoms with van der Waals surface area (Å²) in [5.41, 5.74) is 1.97. The molecule has 5 heteroatoms. The number of esters is 1. The fourth-order valence-electron chi connectivity index (χ4n) is 2.14. The Labute approximate surface area is 152 Å². The summed E-state index contributed by atoms with van der Waals surface area (Å²) >= 11 is 5.79. The van der Waals surface area contributed by atoms with Crippen molar-refractivity contribution in [3.05, 3.63) is 76.8 Å². The van der Waals surface area contributed by atoms with E-state index in [0.717, 1.165) is 11.1 Å². The minimum Gasteiger partial charge on any atom is -0.452 e. The molecule has 2 aromatic rings. The van der Waals surface area contributed by atoms with Crippen LogP contribution in [0.15, 0.2) is 60.7 Å². The number of hydrogen-bond acceptors (Lipinski definition) is 3. The van der Waals surface area contributed by atoms with Crippen molar-refractivity contribution in [2.75, 3.05) is 13.2 Å². The van der Waals surface area contributed by atoms with Crippen molar-refractivity contribution in [1.82, 2.24) is 5.32 Å². The molecule has 0 spiro atoms. The largest absolute Gasteiger partial charge is 0.452 e. The number of carbonyl (C=O) groups excluding carboxylic acids is 2. The van der Waals surface area contributed by atoms with Crippen molar-refractivity contribution in [1.29, 1.82) is 0 Å². The molecule has 0 fully saturated rings. The summed E-state index contributed by atoms with van der Waals surface area (Å²) in [7, 11) is 0. The average Bonchev–Trinajstić information content (AvgIpc) is 2.64. The Morgan fingerprint density at radius 1 is 1.12 bits per heavy atom. The molecule has 2 rings (SSSR count). The highest BCUT2D eigenvalue weighted by Gasteiger charge is 2.09. The van der Waals surface area contributed by atoms with Gasteiger partial charge in [-0.1, -0.05) is 61.0 Å². The SMILES string of the molecule is C[C@H](CNC(=O)COC(=O)/C=C/c1ccc(Cl)cc1)c1ccccc1. The Bertz CT molecular complexity index is 726. The zero-order chi connectivity index (χ0) is 18.1. The van der Waals surface area contributed by atoms with Gasteiger partial charge in [-0.2, -0.15) is 0 Å². The molecule has 130 valence electrons. The lowest BCUT2D eigenvalue weighted by atomic mass is 10.0. The third-order valence-corrected chi connectivity index (χ3v) is 3.85. The fraction of sp³-hybridized carbons (Fsp3) is 0.200. The van der Waals surface area contributed by atoms with E-state index in [-0.39, 0.29) is 18.4 Å². The Kier molecular flexibility index (Phi) is 7.23. The van der Waals surface area contributed by atoms with Crippen molar-refractivity contribution in [3.63, 3.8) is 0 Å². The summed E-state index contributed by atoms with van der Waals surface area (Å²) in [6.45, 7) is 2.21. The van der Waals surface area contributed by atoms with E-state index in [1.165, 1.54) is 6.08 Å². The summed E-state index contributed by atoms with van der Waals surface area (Å²) in [5.74, 6) is -0.706. The van der Waals surface area contributed by atoms with Crippen LogP contribution < -0.4 is 5.32 Å². The van der Waals surface area contributed by atoms with Gasteiger partial charge in [-0.3, -0.25) is 4.79 Å². The van der Waals surface area contributed by atoms with Crippen LogP contribution in [-0.4, -0.2) is 25.0 Å². The maximum atomic E-state index is 11.8. The molecule has 1 amide bonds. The van der Waals surface area contributed by atoms with E-state index in [2.05, 4.69) is 5.32 Å². The van der Waals surface area contributed by atoms with Crippen LogP contribution in [0.25, 0.3) is 6.08 Å². The highest BCUT2D eigenvalue weighted by molar-refractivity contribution is 6.30. The molecule has 0 bridgehead atoms. The second-order valence-electron chi connectivity index (χ2n) is 5.61. The molecule has 0 aliphatic heterocycles. The monoisotopic (exact) mass is 357 g/mol. The standard InChI is InChI=1S/C20H20ClNO3/c1-15(17-5-3-2-4-6-17)13-22-19(23)14-25-20(24)12-9-16-7-10-18(21)11-8-16/h2-12,15H,13-14H2,1H3,(H,22,23)/b12-9+/t15-/m1/s1. The van der Waals surface area contributed by atoms with E-state index < -0.39 is 5.97 Å². The predicted octanol–water partition coefficient (Wildman–Crippen LogP) is 3.82. The van der Waals surface area contributed by atoms with Gasteiger partial charge in [-0.25, -0.2) is 4.79 Å². The smallest absolute Gasteiger partial charge is 0.331 e. The van der Waals surface area contributed by atoms with E-state index in [0.29, 0.717) is 11.6 Å². The molecule has 0 unspecified atom stereocenters. The molecule has 0 aliphatic rings. The van der Waals surface area contributed by atoms with E-state index in [9.17, 15) is 9.59 Å². The van der Waals surface area contributed by atoms with Gasteiger partial charge < -0.3 is 10.1 Å². The number of nitrogens with one attached hydrogen (secondary N) is 1. The van der Waals surface area contributed by atoms with Crippen LogP contribution >= 0.6 is 11.6 Å². The van der Waals surface area contributed by atoms with Crippen molar-refractivity contribution < 1.29 is 14.3 Å². The predicted molar refractivity (Wildman–Crippen MR) is 99.3 cm³/mol. The number of carbonyl (C=O) groups is 2.